The van der Waals surface area contributed by atoms with E-state index in [4.69, 9.17) is 5.11 Å². The molecule has 0 saturated carbocycles. The van der Waals surface area contributed by atoms with E-state index < -0.39 is 10.7 Å². The van der Waals surface area contributed by atoms with Crippen molar-refractivity contribution in [2.75, 3.05) is 19.7 Å². The third-order valence-corrected chi connectivity index (χ3v) is 3.78. The van der Waals surface area contributed by atoms with E-state index in [2.05, 4.69) is 0 Å². The Morgan fingerprint density at radius 1 is 1.45 bits per heavy atom. The maximum Gasteiger partial charge on any atom is 0.279 e. The van der Waals surface area contributed by atoms with Crippen LogP contribution in [0.15, 0.2) is 24.3 Å². The molecule has 1 amide bonds. The molecule has 1 fully saturated rings. The Morgan fingerprint density at radius 3 is 2.73 bits per heavy atom. The van der Waals surface area contributed by atoms with Crippen LogP contribution in [0.25, 0.3) is 6.08 Å². The molecule has 1 heterocycles. The van der Waals surface area contributed by atoms with Crippen molar-refractivity contribution in [3.63, 3.8) is 0 Å². The van der Waals surface area contributed by atoms with E-state index in [1.807, 2.05) is 0 Å². The number of amides is 1. The lowest BCUT2D eigenvalue weighted by atomic mass is 9.98. The van der Waals surface area contributed by atoms with Crippen LogP contribution in [0.4, 0.5) is 10.1 Å². The molecule has 0 spiro atoms. The lowest BCUT2D eigenvalue weighted by Crippen LogP contribution is -2.38. The second-order valence-electron chi connectivity index (χ2n) is 5.24. The molecule has 0 radical (unpaired) electrons. The van der Waals surface area contributed by atoms with Crippen molar-refractivity contribution in [2.45, 2.75) is 12.8 Å². The van der Waals surface area contributed by atoms with Gasteiger partial charge in [0.05, 0.1) is 16.6 Å². The topological polar surface area (TPSA) is 83.7 Å². The Labute approximate surface area is 127 Å². The summed E-state index contributed by atoms with van der Waals surface area (Å²) in [6.45, 7) is 1.24. The lowest BCUT2D eigenvalue weighted by Gasteiger charge is -2.30. The molecule has 0 atom stereocenters. The van der Waals surface area contributed by atoms with E-state index >= 15 is 0 Å². The highest BCUT2D eigenvalue weighted by molar-refractivity contribution is 5.92. The summed E-state index contributed by atoms with van der Waals surface area (Å²) in [5.41, 5.74) is -0.187. The predicted molar refractivity (Wildman–Crippen MR) is 78.5 cm³/mol. The number of nitrogens with zero attached hydrogens (tertiary/aromatic N) is 2. The van der Waals surface area contributed by atoms with Crippen LogP contribution in [0.3, 0.4) is 0 Å². The van der Waals surface area contributed by atoms with Gasteiger partial charge in [0.1, 0.15) is 5.82 Å². The van der Waals surface area contributed by atoms with Gasteiger partial charge in [-0.15, -0.1) is 0 Å². The van der Waals surface area contributed by atoms with Gasteiger partial charge in [0.2, 0.25) is 5.91 Å². The van der Waals surface area contributed by atoms with E-state index in [9.17, 15) is 19.3 Å². The maximum atomic E-state index is 13.0. The third-order valence-electron chi connectivity index (χ3n) is 3.78. The van der Waals surface area contributed by atoms with Gasteiger partial charge in [-0.25, -0.2) is 4.39 Å². The highest BCUT2D eigenvalue weighted by atomic mass is 19.1. The molecule has 0 aromatic heterocycles. The van der Waals surface area contributed by atoms with Gasteiger partial charge in [-0.05, 0) is 37.0 Å². The van der Waals surface area contributed by atoms with Gasteiger partial charge in [0, 0.05) is 25.8 Å². The quantitative estimate of drug-likeness (QED) is 0.523. The summed E-state index contributed by atoms with van der Waals surface area (Å²) in [5.74, 6) is -0.706. The summed E-state index contributed by atoms with van der Waals surface area (Å²) in [4.78, 5) is 23.9. The molecule has 118 valence electrons. The average Bonchev–Trinajstić information content (AvgIpc) is 2.53. The monoisotopic (exact) mass is 308 g/mol. The number of hydrogen-bond donors (Lipinski definition) is 1. The first kappa shape index (κ1) is 16.1. The van der Waals surface area contributed by atoms with Gasteiger partial charge >= 0.3 is 0 Å². The fourth-order valence-electron chi connectivity index (χ4n) is 2.42. The smallest absolute Gasteiger partial charge is 0.279 e. The van der Waals surface area contributed by atoms with Crippen LogP contribution in [-0.4, -0.2) is 40.5 Å². The normalized spacial score (nSPS) is 16.2. The van der Waals surface area contributed by atoms with Crippen LogP contribution >= 0.6 is 0 Å². The van der Waals surface area contributed by atoms with E-state index in [0.29, 0.717) is 13.1 Å². The van der Waals surface area contributed by atoms with Crippen molar-refractivity contribution in [1.82, 2.24) is 4.90 Å². The number of halogens is 1. The molecule has 1 aromatic rings. The number of rotatable bonds is 4. The number of likely N-dealkylation sites (tertiary alicyclic amines) is 1. The van der Waals surface area contributed by atoms with Crippen LogP contribution in [0, 0.1) is 21.8 Å². The molecule has 22 heavy (non-hydrogen) atoms. The van der Waals surface area contributed by atoms with Gasteiger partial charge in [-0.2, -0.15) is 0 Å². The fraction of sp³-hybridized carbons (Fsp3) is 0.400. The number of benzene rings is 1. The van der Waals surface area contributed by atoms with E-state index in [0.717, 1.165) is 25.0 Å². The van der Waals surface area contributed by atoms with Crippen LogP contribution in [0.5, 0.6) is 0 Å². The Kier molecular flexibility index (Phi) is 5.21. The predicted octanol–water partition coefficient (Wildman–Crippen LogP) is 1.98. The zero-order valence-corrected chi connectivity index (χ0v) is 11.9. The Balaban J connectivity index is 2.06. The maximum absolute atomic E-state index is 13.0. The Bertz CT molecular complexity index is 595. The first-order valence-corrected chi connectivity index (χ1v) is 7.03. The Morgan fingerprint density at radius 2 is 2.14 bits per heavy atom. The van der Waals surface area contributed by atoms with Crippen LogP contribution in [-0.2, 0) is 4.79 Å². The number of carbonyl (C=O) groups is 1. The fourth-order valence-corrected chi connectivity index (χ4v) is 2.42. The number of nitro groups is 1. The molecule has 1 aliphatic rings. The van der Waals surface area contributed by atoms with Crippen LogP contribution < -0.4 is 0 Å². The summed E-state index contributed by atoms with van der Waals surface area (Å²) < 4.78 is 13.0. The zero-order valence-electron chi connectivity index (χ0n) is 11.9. The van der Waals surface area contributed by atoms with Crippen molar-refractivity contribution in [2.24, 2.45) is 5.92 Å². The SMILES string of the molecule is O=C(/C=C/c1ccc(F)cc1[N+](=O)[O-])N1CCC(CO)CC1. The van der Waals surface area contributed by atoms with E-state index in [1.165, 1.54) is 18.2 Å². The molecular formula is C15H17FN2O4. The molecule has 0 unspecified atom stereocenters. The second kappa shape index (κ2) is 7.13. The van der Waals surface area contributed by atoms with Crippen molar-refractivity contribution in [3.05, 3.63) is 45.8 Å². The second-order valence-corrected chi connectivity index (χ2v) is 5.24. The summed E-state index contributed by atoms with van der Waals surface area (Å²) >= 11 is 0. The van der Waals surface area contributed by atoms with Crippen LogP contribution in [0.2, 0.25) is 0 Å². The standard InChI is InChI=1S/C15H17FN2O4/c16-13-3-1-12(14(9-13)18(21)22)2-4-15(20)17-7-5-11(10-19)6-8-17/h1-4,9,11,19H,5-8,10H2/b4-2+. The average molecular weight is 308 g/mol. The summed E-state index contributed by atoms with van der Waals surface area (Å²) in [6, 6.07) is 3.22. The minimum absolute atomic E-state index is 0.125. The first-order valence-electron chi connectivity index (χ1n) is 7.03. The highest BCUT2D eigenvalue weighted by Crippen LogP contribution is 2.22. The van der Waals surface area contributed by atoms with Crippen molar-refractivity contribution in [3.8, 4) is 0 Å². The third kappa shape index (κ3) is 3.88. The lowest BCUT2D eigenvalue weighted by molar-refractivity contribution is -0.385. The molecule has 6 nitrogen and oxygen atoms in total. The number of aliphatic hydroxyl groups excluding tert-OH is 1. The number of hydrogen-bond acceptors (Lipinski definition) is 4. The zero-order chi connectivity index (χ0) is 16.1. The first-order chi connectivity index (χ1) is 10.5. The largest absolute Gasteiger partial charge is 0.396 e. The van der Waals surface area contributed by atoms with Crippen molar-refractivity contribution in [1.29, 1.82) is 0 Å². The molecular weight excluding hydrogens is 291 g/mol. The summed E-state index contributed by atoms with van der Waals surface area (Å²) in [6.07, 6.45) is 4.08. The highest BCUT2D eigenvalue weighted by Gasteiger charge is 2.21. The number of carbonyl (C=O) groups excluding carboxylic acids is 1. The van der Waals surface area contributed by atoms with Gasteiger partial charge in [0.25, 0.3) is 5.69 Å². The molecule has 1 N–H and O–H groups in total. The molecule has 1 aliphatic heterocycles. The molecule has 1 saturated heterocycles. The minimum atomic E-state index is -0.693. The van der Waals surface area contributed by atoms with Crippen molar-refractivity contribution >= 4 is 17.7 Å². The summed E-state index contributed by atoms with van der Waals surface area (Å²) in [5, 5.41) is 19.9. The van der Waals surface area contributed by atoms with Gasteiger partial charge in [-0.3, -0.25) is 14.9 Å². The van der Waals surface area contributed by atoms with Crippen LogP contribution in [0.1, 0.15) is 18.4 Å². The minimum Gasteiger partial charge on any atom is -0.396 e. The molecule has 0 bridgehead atoms. The van der Waals surface area contributed by atoms with Crippen molar-refractivity contribution < 1.29 is 19.2 Å². The molecule has 1 aromatic carbocycles. The van der Waals surface area contributed by atoms with E-state index in [1.54, 1.807) is 4.90 Å². The van der Waals surface area contributed by atoms with Gasteiger partial charge in [0.15, 0.2) is 0 Å². The van der Waals surface area contributed by atoms with Gasteiger partial charge in [-0.1, -0.05) is 0 Å². The Hall–Kier alpha value is -2.28. The number of nitro benzene ring substituents is 1. The molecule has 2 rings (SSSR count). The molecule has 0 aliphatic carbocycles. The number of piperidine rings is 1. The van der Waals surface area contributed by atoms with Gasteiger partial charge < -0.3 is 10.0 Å². The number of aliphatic hydroxyl groups is 1. The van der Waals surface area contributed by atoms with E-state index in [-0.39, 0.29) is 29.7 Å². The summed E-state index contributed by atoms with van der Waals surface area (Å²) in [7, 11) is 0. The molecule has 7 heteroatoms.